The Morgan fingerprint density at radius 2 is 1.03 bits per heavy atom. The van der Waals surface area contributed by atoms with Crippen LogP contribution in [0.25, 0.3) is 21.8 Å². The summed E-state index contributed by atoms with van der Waals surface area (Å²) in [5.41, 5.74) is 19.2. The van der Waals surface area contributed by atoms with Crippen LogP contribution in [0.4, 0.5) is 0 Å². The molecule has 25 N–H and O–H groups in total. The lowest BCUT2D eigenvalue weighted by atomic mass is 9.99. The van der Waals surface area contributed by atoms with Crippen LogP contribution >= 0.6 is 21.6 Å². The van der Waals surface area contributed by atoms with Crippen LogP contribution in [0.1, 0.15) is 123 Å². The highest BCUT2D eigenvalue weighted by Crippen LogP contribution is 2.26. The standard InChI is InChI=1S/C74H105N19O22S2/c1-36(2)27-50-67(107)92-54(70(110)82-38(4)61(101)83-39(5)74(114)115)34-116-117-35-55(91-62(102)37(3)81-58(96)32-80-63(103)44(76)15-10-11-25-75)71(111)85-48(20-23-59(97)98)66(106)90-53(33-94)73(113)93-26-12-18-56(93)72(112)86-49(21-24-60(99)100)65(105)88-51(28-40-30-78-45-16-8-6-13-42(40)45)68(108)84-47(19-22-57(77)95)64(104)89-52(69(109)87-50)29-41-31-79-46-17-9-7-14-43(41)46/h6-9,13-14,16-17,30-31,36-39,44,47-56,78-79,94H,10-12,15,18-29,32-35,75-76H2,1-5H3,(H2,77,95)(H,80,103)(H,81,96)(H,82,110)(H,83,101)(H,84,108)(H,85,111)(H,86,112)(H,87,109)(H,88,105)(H,89,104)(H,90,106)(H,91,102)(H,92,107)(H,97,98)(H,99,100)(H,114,115)/t37-,38-,39-,44-,47-,48-,49-,50-,51-,52-,53-,54-,55-,56-/m1/s1. The molecule has 2 aliphatic rings. The third-order valence-electron chi connectivity index (χ3n) is 19.1. The average molecular weight is 1680 g/mol. The Morgan fingerprint density at radius 3 is 1.55 bits per heavy atom. The number of nitrogens with one attached hydrogen (secondary N) is 15. The predicted octanol–water partition coefficient (Wildman–Crippen LogP) is -4.61. The normalized spacial score (nSPS) is 22.5. The molecule has 4 heterocycles. The predicted molar refractivity (Wildman–Crippen MR) is 424 cm³/mol. The summed E-state index contributed by atoms with van der Waals surface area (Å²) < 4.78 is 0. The molecule has 2 saturated heterocycles. The molecule has 0 radical (unpaired) electrons. The monoisotopic (exact) mass is 1680 g/mol. The maximum Gasteiger partial charge on any atom is 0.325 e. The highest BCUT2D eigenvalue weighted by Gasteiger charge is 2.42. The first-order chi connectivity index (χ1) is 55.5. The van der Waals surface area contributed by atoms with Crippen LogP contribution in [-0.4, -0.2) is 264 Å². The number of amides is 15. The summed E-state index contributed by atoms with van der Waals surface area (Å²) in [5, 5.41) is 73.4. The first-order valence-corrected chi connectivity index (χ1v) is 40.5. The Balaban J connectivity index is 1.47. The first-order valence-electron chi connectivity index (χ1n) is 38.1. The van der Waals surface area contributed by atoms with Gasteiger partial charge in [0.1, 0.15) is 78.5 Å². The lowest BCUT2D eigenvalue weighted by molar-refractivity contribution is -0.144. The van der Waals surface area contributed by atoms with Crippen LogP contribution in [-0.2, 0) is 99.1 Å². The molecule has 0 aliphatic carbocycles. The van der Waals surface area contributed by atoms with Gasteiger partial charge >= 0.3 is 17.9 Å². The number of nitrogens with zero attached hydrogens (tertiary/aromatic N) is 1. The summed E-state index contributed by atoms with van der Waals surface area (Å²) >= 11 is 0. The molecule has 2 aromatic carbocycles. The van der Waals surface area contributed by atoms with Gasteiger partial charge in [0.05, 0.1) is 19.2 Å². The Morgan fingerprint density at radius 1 is 0.547 bits per heavy atom. The quantitative estimate of drug-likeness (QED) is 0.0166. The van der Waals surface area contributed by atoms with Crippen molar-refractivity contribution in [3.63, 3.8) is 0 Å². The van der Waals surface area contributed by atoms with Gasteiger partial charge in [0, 0.05) is 84.4 Å². The molecule has 15 amide bonds. The van der Waals surface area contributed by atoms with Crippen LogP contribution in [0.3, 0.4) is 0 Å². The number of H-pyrrole nitrogens is 2. The van der Waals surface area contributed by atoms with E-state index >= 15 is 19.2 Å². The van der Waals surface area contributed by atoms with Gasteiger partial charge in [0.25, 0.3) is 0 Å². The number of carboxylic acid groups (broad SMARTS) is 3. The van der Waals surface area contributed by atoms with Crippen LogP contribution in [0.2, 0.25) is 0 Å². The van der Waals surface area contributed by atoms with Crippen LogP contribution < -0.4 is 86.3 Å². The van der Waals surface area contributed by atoms with Gasteiger partial charge in [-0.2, -0.15) is 0 Å². The number of aromatic nitrogens is 2. The van der Waals surface area contributed by atoms with Crippen molar-refractivity contribution in [1.29, 1.82) is 0 Å². The third kappa shape index (κ3) is 29.7. The molecule has 4 aromatic rings. The number of primary amides is 1. The van der Waals surface area contributed by atoms with E-state index in [4.69, 9.17) is 17.2 Å². The molecule has 2 fully saturated rings. The zero-order valence-corrected chi connectivity index (χ0v) is 66.8. The van der Waals surface area contributed by atoms with Crippen molar-refractivity contribution in [3.05, 3.63) is 72.1 Å². The lowest BCUT2D eigenvalue weighted by Gasteiger charge is -2.30. The molecular weight excluding hydrogens is 1570 g/mol. The van der Waals surface area contributed by atoms with Gasteiger partial charge in [-0.05, 0) is 108 Å². The van der Waals surface area contributed by atoms with Crippen molar-refractivity contribution in [2.24, 2.45) is 23.1 Å². The molecule has 41 nitrogen and oxygen atoms in total. The SMILES string of the molecule is CC(C)C[C@H]1NC(=O)[C@@H](Cc2c[nH]c3ccccc23)NC(=O)[C@@H](CCC(N)=O)NC(=O)[C@@H](Cc2c[nH]c3ccccc23)NC(=O)[C@@H](CCC(=O)O)NC(=O)[C@H]2CCCN2C(=O)[C@@H](CO)NC(=O)[C@@H](CCC(=O)O)NC(=O)[C@H](NC(=O)[C@@H](C)NC(=O)CNC(=O)[C@H](N)CCCCN)CSSC[C@H](C(=O)N[C@H](C)C(=O)N[C@H](C)C(=O)O)NC1=O. The van der Waals surface area contributed by atoms with E-state index in [1.807, 2.05) is 0 Å². The molecule has 2 aromatic heterocycles. The molecule has 117 heavy (non-hydrogen) atoms. The zero-order valence-electron chi connectivity index (χ0n) is 65.2. The number of nitrogens with two attached hydrogens (primary N) is 3. The van der Waals surface area contributed by atoms with Crippen molar-refractivity contribution in [2.75, 3.05) is 37.7 Å². The molecular formula is C74H105N19O22S2. The van der Waals surface area contributed by atoms with Gasteiger partial charge in [0.15, 0.2) is 0 Å². The molecule has 0 spiro atoms. The van der Waals surface area contributed by atoms with E-state index in [1.165, 1.54) is 20.0 Å². The highest BCUT2D eigenvalue weighted by molar-refractivity contribution is 8.76. The maximum absolute atomic E-state index is 15.3. The molecule has 0 saturated carbocycles. The van der Waals surface area contributed by atoms with Gasteiger partial charge in [-0.3, -0.25) is 86.3 Å². The van der Waals surface area contributed by atoms with Crippen LogP contribution in [0.15, 0.2) is 60.9 Å². The minimum absolute atomic E-state index is 0.0899. The Kier molecular flexibility index (Phi) is 37.4. The largest absolute Gasteiger partial charge is 0.481 e. The number of aliphatic hydroxyl groups excluding tert-OH is 1. The number of carbonyl (C=O) groups is 18. The summed E-state index contributed by atoms with van der Waals surface area (Å²) in [6.07, 6.45) is -0.662. The number of unbranched alkanes of at least 4 members (excludes halogenated alkanes) is 1. The van der Waals surface area contributed by atoms with Gasteiger partial charge in [-0.15, -0.1) is 0 Å². The second-order valence-electron chi connectivity index (χ2n) is 28.8. The molecule has 14 atom stereocenters. The van der Waals surface area contributed by atoms with Crippen molar-refractivity contribution in [2.45, 2.75) is 209 Å². The number of aliphatic hydroxyl groups is 1. The van der Waals surface area contributed by atoms with Crippen molar-refractivity contribution in [3.8, 4) is 0 Å². The highest BCUT2D eigenvalue weighted by atomic mass is 33.1. The van der Waals surface area contributed by atoms with Gasteiger partial charge in [-0.1, -0.05) is 78.3 Å². The third-order valence-corrected chi connectivity index (χ3v) is 21.5. The smallest absolute Gasteiger partial charge is 0.325 e. The molecule has 6 rings (SSSR count). The van der Waals surface area contributed by atoms with E-state index in [1.54, 1.807) is 68.6 Å². The fourth-order valence-electron chi connectivity index (χ4n) is 12.6. The van der Waals surface area contributed by atoms with Crippen molar-refractivity contribution in [1.82, 2.24) is 84.0 Å². The molecule has 640 valence electrons. The fraction of sp³-hybridized carbons (Fsp3) is 0.541. The number of carboxylic acids is 3. The van der Waals surface area contributed by atoms with Crippen LogP contribution in [0.5, 0.6) is 0 Å². The number of hydrogen-bond acceptors (Lipinski definition) is 23. The van der Waals surface area contributed by atoms with E-state index in [0.29, 0.717) is 52.3 Å². The Labute approximate surface area is 679 Å². The Hall–Kier alpha value is -11.4. The maximum atomic E-state index is 15.3. The van der Waals surface area contributed by atoms with E-state index in [-0.39, 0.29) is 45.1 Å². The summed E-state index contributed by atoms with van der Waals surface area (Å²) in [4.78, 5) is 258. The number of carbonyl (C=O) groups excluding carboxylic acids is 15. The van der Waals surface area contributed by atoms with E-state index in [9.17, 15) is 87.5 Å². The minimum Gasteiger partial charge on any atom is -0.481 e. The second kappa shape index (κ2) is 46.3. The number of fused-ring (bicyclic) bond motifs is 3. The summed E-state index contributed by atoms with van der Waals surface area (Å²) in [6.45, 7) is 5.15. The van der Waals surface area contributed by atoms with Crippen molar-refractivity contribution < 1.29 is 107 Å². The fourth-order valence-corrected chi connectivity index (χ4v) is 15.0. The number of para-hydroxylation sites is 2. The average Bonchev–Trinajstić information content (AvgIpc) is 1.60. The lowest BCUT2D eigenvalue weighted by Crippen LogP contribution is -2.61. The summed E-state index contributed by atoms with van der Waals surface area (Å²) in [6, 6.07) is -9.43. The summed E-state index contributed by atoms with van der Waals surface area (Å²) in [7, 11) is 1.48. The van der Waals surface area contributed by atoms with Gasteiger partial charge < -0.3 is 122 Å². The van der Waals surface area contributed by atoms with Crippen molar-refractivity contribution >= 4 is 150 Å². The Bertz CT molecular complexity index is 4260. The molecule has 43 heteroatoms. The van der Waals surface area contributed by atoms with Gasteiger partial charge in [0.2, 0.25) is 88.6 Å². The number of rotatable bonds is 31. The zero-order chi connectivity index (χ0) is 86.3. The van der Waals surface area contributed by atoms with E-state index in [2.05, 4.69) is 79.1 Å². The molecule has 0 unspecified atom stereocenters. The topological polar surface area (TPSA) is 657 Å². The number of benzene rings is 2. The van der Waals surface area contributed by atoms with E-state index < -0.39 is 260 Å². The summed E-state index contributed by atoms with van der Waals surface area (Å²) in [5.74, 6) is -21.8. The molecule has 2 aliphatic heterocycles. The number of aliphatic carboxylic acids is 3. The second-order valence-corrected chi connectivity index (χ2v) is 31.4. The first kappa shape index (κ1) is 94.4. The van der Waals surface area contributed by atoms with Gasteiger partial charge in [-0.25, -0.2) is 0 Å². The minimum atomic E-state index is -1.96. The van der Waals surface area contributed by atoms with E-state index in [0.717, 1.165) is 33.4 Å². The number of aromatic amines is 2. The van der Waals surface area contributed by atoms with Crippen LogP contribution in [0, 0.1) is 5.92 Å². The number of hydrogen-bond donors (Lipinski definition) is 22. The molecule has 0 bridgehead atoms.